The molecule has 0 radical (unpaired) electrons. The molecule has 160 valence electrons. The topological polar surface area (TPSA) is 65.7 Å². The van der Waals surface area contributed by atoms with Gasteiger partial charge in [-0.15, -0.1) is 0 Å². The van der Waals surface area contributed by atoms with Crippen LogP contribution in [0.1, 0.15) is 70.7 Å². The molecule has 1 unspecified atom stereocenters. The Morgan fingerprint density at radius 2 is 1.96 bits per heavy atom. The van der Waals surface area contributed by atoms with Crippen LogP contribution in [0.25, 0.3) is 0 Å². The van der Waals surface area contributed by atoms with Crippen molar-refractivity contribution in [3.05, 3.63) is 17.3 Å². The van der Waals surface area contributed by atoms with Gasteiger partial charge in [-0.25, -0.2) is 4.98 Å². The third-order valence-corrected chi connectivity index (χ3v) is 5.63. The summed E-state index contributed by atoms with van der Waals surface area (Å²) in [5.41, 5.74) is 1.38. The molecule has 1 aromatic rings. The van der Waals surface area contributed by atoms with E-state index < -0.39 is 0 Å². The van der Waals surface area contributed by atoms with Crippen LogP contribution in [0.5, 0.6) is 0 Å². The zero-order valence-corrected chi connectivity index (χ0v) is 19.1. The zero-order valence-electron chi connectivity index (χ0n) is 19.1. The Hall–Kier alpha value is -1.56. The summed E-state index contributed by atoms with van der Waals surface area (Å²) in [6.07, 6.45) is 4.76. The lowest BCUT2D eigenvalue weighted by atomic mass is 9.89. The van der Waals surface area contributed by atoms with Gasteiger partial charge in [0.05, 0.1) is 12.2 Å². The molecule has 6 heteroatoms. The number of piperidine rings is 1. The second-order valence-corrected chi connectivity index (χ2v) is 9.57. The van der Waals surface area contributed by atoms with Gasteiger partial charge in [-0.2, -0.15) is 0 Å². The molecule has 2 heterocycles. The minimum absolute atomic E-state index is 0.378. The van der Waals surface area contributed by atoms with Crippen LogP contribution in [0.2, 0.25) is 0 Å². The molecule has 0 aliphatic carbocycles. The average molecular weight is 392 g/mol. The van der Waals surface area contributed by atoms with E-state index in [1.54, 1.807) is 0 Å². The van der Waals surface area contributed by atoms with Crippen LogP contribution >= 0.6 is 0 Å². The van der Waals surface area contributed by atoms with Crippen LogP contribution in [0.4, 0.5) is 0 Å². The van der Waals surface area contributed by atoms with E-state index in [-0.39, 0.29) is 0 Å². The minimum atomic E-state index is 0.378. The Morgan fingerprint density at radius 1 is 1.29 bits per heavy atom. The van der Waals surface area contributed by atoms with Crippen molar-refractivity contribution in [1.82, 2.24) is 20.5 Å². The van der Waals surface area contributed by atoms with Crippen molar-refractivity contribution >= 4 is 5.96 Å². The summed E-state index contributed by atoms with van der Waals surface area (Å²) in [5, 5.41) is 7.07. The highest BCUT2D eigenvalue weighted by molar-refractivity contribution is 5.79. The number of likely N-dealkylation sites (tertiary alicyclic amines) is 1. The highest BCUT2D eigenvalue weighted by atomic mass is 16.4. The predicted octanol–water partition coefficient (Wildman–Crippen LogP) is 3.88. The fourth-order valence-electron chi connectivity index (χ4n) is 3.54. The third-order valence-electron chi connectivity index (χ3n) is 5.63. The van der Waals surface area contributed by atoms with Crippen LogP contribution in [-0.2, 0) is 6.54 Å². The van der Waals surface area contributed by atoms with Crippen LogP contribution in [0, 0.1) is 25.2 Å². The first kappa shape index (κ1) is 22.7. The second-order valence-electron chi connectivity index (χ2n) is 9.57. The van der Waals surface area contributed by atoms with Gasteiger partial charge in [-0.1, -0.05) is 20.8 Å². The van der Waals surface area contributed by atoms with Crippen LogP contribution in [0.15, 0.2) is 9.41 Å². The SMILES string of the molecule is CN=C(NCC1CCN(Cc2nc(C)c(C)o2)CC1)NC(C)CCC(C)(C)C. The molecule has 0 amide bonds. The maximum atomic E-state index is 5.73. The number of aromatic nitrogens is 1. The summed E-state index contributed by atoms with van der Waals surface area (Å²) in [6.45, 7) is 17.1. The lowest BCUT2D eigenvalue weighted by Gasteiger charge is -2.31. The summed E-state index contributed by atoms with van der Waals surface area (Å²) in [6, 6.07) is 0.431. The van der Waals surface area contributed by atoms with Crippen molar-refractivity contribution < 1.29 is 4.42 Å². The smallest absolute Gasteiger partial charge is 0.208 e. The normalized spacial score (nSPS) is 18.3. The average Bonchev–Trinajstić information content (AvgIpc) is 2.94. The molecule has 0 spiro atoms. The minimum Gasteiger partial charge on any atom is -0.444 e. The largest absolute Gasteiger partial charge is 0.444 e. The van der Waals surface area contributed by atoms with E-state index in [9.17, 15) is 0 Å². The van der Waals surface area contributed by atoms with E-state index in [1.807, 2.05) is 20.9 Å². The van der Waals surface area contributed by atoms with Crippen LogP contribution in [-0.4, -0.2) is 48.6 Å². The maximum absolute atomic E-state index is 5.73. The summed E-state index contributed by atoms with van der Waals surface area (Å²) in [5.74, 6) is 3.40. The number of oxazole rings is 1. The Kier molecular flexibility index (Phi) is 8.35. The molecule has 2 rings (SSSR count). The van der Waals surface area contributed by atoms with Gasteiger partial charge in [0.1, 0.15) is 5.76 Å². The zero-order chi connectivity index (χ0) is 20.7. The van der Waals surface area contributed by atoms with Crippen LogP contribution < -0.4 is 10.6 Å². The Morgan fingerprint density at radius 3 is 2.50 bits per heavy atom. The number of hydrogen-bond acceptors (Lipinski definition) is 4. The molecule has 2 N–H and O–H groups in total. The molecule has 1 fully saturated rings. The van der Waals surface area contributed by atoms with Crippen molar-refractivity contribution in [3.8, 4) is 0 Å². The van der Waals surface area contributed by atoms with Crippen molar-refractivity contribution in [3.63, 3.8) is 0 Å². The molecule has 6 nitrogen and oxygen atoms in total. The van der Waals surface area contributed by atoms with E-state index in [1.165, 1.54) is 19.3 Å². The molecule has 0 aromatic carbocycles. The first-order valence-electron chi connectivity index (χ1n) is 10.8. The molecule has 0 saturated carbocycles. The number of aryl methyl sites for hydroxylation is 2. The molecule has 1 aromatic heterocycles. The third kappa shape index (κ3) is 7.82. The highest BCUT2D eigenvalue weighted by Gasteiger charge is 2.21. The highest BCUT2D eigenvalue weighted by Crippen LogP contribution is 2.21. The number of hydrogen-bond donors (Lipinski definition) is 2. The van der Waals surface area contributed by atoms with E-state index >= 15 is 0 Å². The number of nitrogens with zero attached hydrogens (tertiary/aromatic N) is 3. The van der Waals surface area contributed by atoms with E-state index in [2.05, 4.69) is 53.2 Å². The van der Waals surface area contributed by atoms with Gasteiger partial charge in [0.15, 0.2) is 5.96 Å². The van der Waals surface area contributed by atoms with Gasteiger partial charge in [-0.05, 0) is 70.9 Å². The summed E-state index contributed by atoms with van der Waals surface area (Å²) < 4.78 is 5.73. The Bertz CT molecular complexity index is 604. The van der Waals surface area contributed by atoms with E-state index in [0.717, 1.165) is 55.9 Å². The molecular formula is C22H41N5O. The first-order chi connectivity index (χ1) is 13.2. The van der Waals surface area contributed by atoms with Gasteiger partial charge in [0, 0.05) is 19.6 Å². The monoisotopic (exact) mass is 391 g/mol. The Balaban J connectivity index is 1.67. The second kappa shape index (κ2) is 10.3. The lowest BCUT2D eigenvalue weighted by Crippen LogP contribution is -2.45. The van der Waals surface area contributed by atoms with Gasteiger partial charge in [0.2, 0.25) is 5.89 Å². The number of nitrogens with one attached hydrogen (secondary N) is 2. The van der Waals surface area contributed by atoms with Crippen molar-refractivity contribution in [2.75, 3.05) is 26.7 Å². The number of guanidine groups is 1. The number of aliphatic imine (C=N–C) groups is 1. The Labute approximate surface area is 171 Å². The first-order valence-corrected chi connectivity index (χ1v) is 10.8. The molecule has 1 saturated heterocycles. The summed E-state index contributed by atoms with van der Waals surface area (Å²) >= 11 is 0. The van der Waals surface area contributed by atoms with Gasteiger partial charge in [-0.3, -0.25) is 9.89 Å². The van der Waals surface area contributed by atoms with Crippen molar-refractivity contribution in [2.45, 2.75) is 79.8 Å². The fourth-order valence-corrected chi connectivity index (χ4v) is 3.54. The molecule has 1 atom stereocenters. The van der Waals surface area contributed by atoms with Gasteiger partial charge >= 0.3 is 0 Å². The lowest BCUT2D eigenvalue weighted by molar-refractivity contribution is 0.164. The summed E-state index contributed by atoms with van der Waals surface area (Å²) in [7, 11) is 1.86. The standard InChI is InChI=1S/C22H41N5O/c1-16(8-11-22(4,5)6)25-21(23-7)24-14-19-9-12-27(13-10-19)15-20-26-17(2)18(3)28-20/h16,19H,8-15H2,1-7H3,(H2,23,24,25). The van der Waals surface area contributed by atoms with E-state index in [4.69, 9.17) is 4.42 Å². The maximum Gasteiger partial charge on any atom is 0.208 e. The molecule has 28 heavy (non-hydrogen) atoms. The van der Waals surface area contributed by atoms with Crippen LogP contribution in [0.3, 0.4) is 0 Å². The quantitative estimate of drug-likeness (QED) is 0.545. The summed E-state index contributed by atoms with van der Waals surface area (Å²) in [4.78, 5) is 11.4. The predicted molar refractivity (Wildman–Crippen MR) is 117 cm³/mol. The van der Waals surface area contributed by atoms with E-state index in [0.29, 0.717) is 17.4 Å². The van der Waals surface area contributed by atoms with Crippen molar-refractivity contribution in [2.24, 2.45) is 16.3 Å². The molecule has 0 bridgehead atoms. The molecule has 1 aliphatic rings. The molecule has 1 aliphatic heterocycles. The number of rotatable bonds is 7. The van der Waals surface area contributed by atoms with Crippen molar-refractivity contribution in [1.29, 1.82) is 0 Å². The molecular weight excluding hydrogens is 350 g/mol. The van der Waals surface area contributed by atoms with Gasteiger partial charge in [0.25, 0.3) is 0 Å². The van der Waals surface area contributed by atoms with Gasteiger partial charge < -0.3 is 15.1 Å². The fraction of sp³-hybridized carbons (Fsp3) is 0.818.